The number of rotatable bonds is 10. The van der Waals surface area contributed by atoms with E-state index in [-0.39, 0.29) is 0 Å². The Morgan fingerprint density at radius 2 is 1.33 bits per heavy atom. The molecule has 0 aromatic heterocycles. The molecule has 0 aromatic rings. The molecule has 0 heterocycles. The van der Waals surface area contributed by atoms with E-state index in [9.17, 15) is 0 Å². The third-order valence-electron chi connectivity index (χ3n) is 2.71. The fourth-order valence-electron chi connectivity index (χ4n) is 1.74. The van der Waals surface area contributed by atoms with Crippen LogP contribution in [0.15, 0.2) is 12.2 Å². The average Bonchev–Trinajstić information content (AvgIpc) is 2.31. The van der Waals surface area contributed by atoms with Gasteiger partial charge in [0.1, 0.15) is 0 Å². The zero-order valence-corrected chi connectivity index (χ0v) is 12.6. The Balaban J connectivity index is 0. The number of allylic oxidation sites excluding steroid dienone is 2. The summed E-state index contributed by atoms with van der Waals surface area (Å²) in [6.45, 7) is 5.47. The minimum absolute atomic E-state index is 0.833. The molecule has 0 aliphatic carbocycles. The first kappa shape index (κ1) is 19.5. The zero-order valence-electron chi connectivity index (χ0n) is 12.6. The van der Waals surface area contributed by atoms with Crippen LogP contribution in [0.4, 0.5) is 0 Å². The summed E-state index contributed by atoms with van der Waals surface area (Å²) in [6, 6.07) is 0. The molecule has 0 atom stereocenters. The van der Waals surface area contributed by atoms with Crippen LogP contribution in [0.25, 0.3) is 0 Å². The Hall–Kier alpha value is -0.790. The standard InChI is InChI=1S/C14H28.C2H4O2/c1-3-5-7-9-11-13-14-12-10-8-6-4-2;1-2(3)4/h3,5H,4,6-14H2,1-2H3;1H3,(H,3,4). The highest BCUT2D eigenvalue weighted by atomic mass is 16.4. The molecule has 2 nitrogen and oxygen atoms in total. The van der Waals surface area contributed by atoms with Crippen molar-refractivity contribution in [3.8, 4) is 0 Å². The molecule has 18 heavy (non-hydrogen) atoms. The third-order valence-corrected chi connectivity index (χ3v) is 2.71. The summed E-state index contributed by atoms with van der Waals surface area (Å²) in [4.78, 5) is 9.00. The van der Waals surface area contributed by atoms with Crippen molar-refractivity contribution in [2.24, 2.45) is 0 Å². The second kappa shape index (κ2) is 18.6. The van der Waals surface area contributed by atoms with E-state index in [4.69, 9.17) is 9.90 Å². The van der Waals surface area contributed by atoms with Crippen molar-refractivity contribution in [3.63, 3.8) is 0 Å². The Morgan fingerprint density at radius 1 is 0.944 bits per heavy atom. The van der Waals surface area contributed by atoms with E-state index in [2.05, 4.69) is 26.0 Å². The first-order valence-corrected chi connectivity index (χ1v) is 7.45. The summed E-state index contributed by atoms with van der Waals surface area (Å²) >= 11 is 0. The molecule has 0 aliphatic heterocycles. The van der Waals surface area contributed by atoms with Gasteiger partial charge in [0.15, 0.2) is 0 Å². The molecule has 0 saturated carbocycles. The lowest BCUT2D eigenvalue weighted by Gasteiger charge is -2.00. The normalized spacial score (nSPS) is 10.2. The fourth-order valence-corrected chi connectivity index (χ4v) is 1.74. The van der Waals surface area contributed by atoms with Gasteiger partial charge in [0, 0.05) is 6.92 Å². The predicted octanol–water partition coefficient (Wildman–Crippen LogP) is 5.57. The van der Waals surface area contributed by atoms with Crippen LogP contribution in [0, 0.1) is 0 Å². The minimum Gasteiger partial charge on any atom is -0.481 e. The summed E-state index contributed by atoms with van der Waals surface area (Å²) < 4.78 is 0. The van der Waals surface area contributed by atoms with Crippen molar-refractivity contribution >= 4 is 5.97 Å². The molecule has 1 N–H and O–H groups in total. The monoisotopic (exact) mass is 256 g/mol. The number of carbonyl (C=O) groups is 1. The van der Waals surface area contributed by atoms with E-state index in [1.807, 2.05) is 0 Å². The Labute approximate surface area is 113 Å². The lowest BCUT2D eigenvalue weighted by Crippen LogP contribution is -1.80. The quantitative estimate of drug-likeness (QED) is 0.409. The van der Waals surface area contributed by atoms with Crippen LogP contribution in [-0.2, 0) is 4.79 Å². The van der Waals surface area contributed by atoms with Crippen LogP contribution in [0.2, 0.25) is 0 Å². The number of aliphatic carboxylic acids is 1. The molecular weight excluding hydrogens is 224 g/mol. The molecule has 0 bridgehead atoms. The lowest BCUT2D eigenvalue weighted by atomic mass is 10.1. The van der Waals surface area contributed by atoms with Gasteiger partial charge < -0.3 is 5.11 Å². The predicted molar refractivity (Wildman–Crippen MR) is 80.0 cm³/mol. The smallest absolute Gasteiger partial charge is 0.300 e. The highest BCUT2D eigenvalue weighted by molar-refractivity contribution is 5.62. The maximum absolute atomic E-state index is 9.00. The highest BCUT2D eigenvalue weighted by Gasteiger charge is 1.90. The van der Waals surface area contributed by atoms with Gasteiger partial charge in [-0.15, -0.1) is 0 Å². The van der Waals surface area contributed by atoms with Gasteiger partial charge >= 0.3 is 0 Å². The molecule has 0 rings (SSSR count). The van der Waals surface area contributed by atoms with Gasteiger partial charge in [-0.05, 0) is 19.8 Å². The van der Waals surface area contributed by atoms with E-state index in [0.717, 1.165) is 6.92 Å². The van der Waals surface area contributed by atoms with Crippen molar-refractivity contribution in [2.75, 3.05) is 0 Å². The topological polar surface area (TPSA) is 37.3 Å². The van der Waals surface area contributed by atoms with E-state index in [0.29, 0.717) is 0 Å². The third kappa shape index (κ3) is 29.5. The summed E-state index contributed by atoms with van der Waals surface area (Å²) in [7, 11) is 0. The number of carboxylic acids is 1. The first-order valence-electron chi connectivity index (χ1n) is 7.45. The number of hydrogen-bond acceptors (Lipinski definition) is 1. The molecule has 0 unspecified atom stereocenters. The van der Waals surface area contributed by atoms with Crippen molar-refractivity contribution in [1.29, 1.82) is 0 Å². The number of unbranched alkanes of at least 4 members (excludes halogenated alkanes) is 9. The Morgan fingerprint density at radius 3 is 1.72 bits per heavy atom. The zero-order chi connectivity index (χ0) is 14.1. The molecule has 108 valence electrons. The van der Waals surface area contributed by atoms with Crippen LogP contribution in [0.3, 0.4) is 0 Å². The van der Waals surface area contributed by atoms with Crippen molar-refractivity contribution in [2.45, 2.75) is 85.0 Å². The summed E-state index contributed by atoms with van der Waals surface area (Å²) in [6.07, 6.45) is 18.6. The highest BCUT2D eigenvalue weighted by Crippen LogP contribution is 2.10. The first-order chi connectivity index (χ1) is 8.65. The van der Waals surface area contributed by atoms with Crippen molar-refractivity contribution in [1.82, 2.24) is 0 Å². The summed E-state index contributed by atoms with van der Waals surface area (Å²) in [5, 5.41) is 7.42. The largest absolute Gasteiger partial charge is 0.481 e. The maximum atomic E-state index is 9.00. The number of carboxylic acid groups (broad SMARTS) is 1. The van der Waals surface area contributed by atoms with Gasteiger partial charge in [-0.3, -0.25) is 4.79 Å². The molecule has 0 aliphatic rings. The van der Waals surface area contributed by atoms with Crippen LogP contribution >= 0.6 is 0 Å². The molecule has 0 fully saturated rings. The minimum atomic E-state index is -0.833. The van der Waals surface area contributed by atoms with Gasteiger partial charge in [-0.1, -0.05) is 70.4 Å². The van der Waals surface area contributed by atoms with Gasteiger partial charge in [0.2, 0.25) is 0 Å². The SMILES string of the molecule is CC(=O)O.CC=CCCCCCCCCCCC. The van der Waals surface area contributed by atoms with E-state index in [1.165, 1.54) is 64.2 Å². The van der Waals surface area contributed by atoms with Crippen LogP contribution in [0.1, 0.15) is 85.0 Å². The van der Waals surface area contributed by atoms with Crippen molar-refractivity contribution < 1.29 is 9.90 Å². The molecule has 0 aromatic carbocycles. The van der Waals surface area contributed by atoms with Crippen LogP contribution < -0.4 is 0 Å². The van der Waals surface area contributed by atoms with Gasteiger partial charge in [-0.2, -0.15) is 0 Å². The lowest BCUT2D eigenvalue weighted by molar-refractivity contribution is -0.134. The van der Waals surface area contributed by atoms with Gasteiger partial charge in [-0.25, -0.2) is 0 Å². The Bertz CT molecular complexity index is 182. The fraction of sp³-hybridized carbons (Fsp3) is 0.812. The summed E-state index contributed by atoms with van der Waals surface area (Å²) in [5.74, 6) is -0.833. The number of hydrogen-bond donors (Lipinski definition) is 1. The van der Waals surface area contributed by atoms with Crippen molar-refractivity contribution in [3.05, 3.63) is 12.2 Å². The Kier molecular flexibility index (Phi) is 20.2. The van der Waals surface area contributed by atoms with E-state index < -0.39 is 5.97 Å². The van der Waals surface area contributed by atoms with E-state index in [1.54, 1.807) is 0 Å². The molecular formula is C16H32O2. The second-order valence-corrected chi connectivity index (χ2v) is 4.71. The molecule has 0 saturated heterocycles. The molecule has 0 amide bonds. The average molecular weight is 256 g/mol. The molecule has 0 spiro atoms. The van der Waals surface area contributed by atoms with Gasteiger partial charge in [0.25, 0.3) is 5.97 Å². The van der Waals surface area contributed by atoms with Crippen LogP contribution in [-0.4, -0.2) is 11.1 Å². The van der Waals surface area contributed by atoms with Crippen LogP contribution in [0.5, 0.6) is 0 Å². The second-order valence-electron chi connectivity index (χ2n) is 4.71. The molecule has 2 heteroatoms. The summed E-state index contributed by atoms with van der Waals surface area (Å²) in [5.41, 5.74) is 0. The van der Waals surface area contributed by atoms with E-state index >= 15 is 0 Å². The van der Waals surface area contributed by atoms with Gasteiger partial charge in [0.05, 0.1) is 0 Å². The molecule has 0 radical (unpaired) electrons. The maximum Gasteiger partial charge on any atom is 0.300 e.